The molecule has 1 aliphatic rings. The van der Waals surface area contributed by atoms with Crippen LogP contribution >= 0.6 is 11.8 Å². The van der Waals surface area contributed by atoms with Crippen LogP contribution < -0.4 is 5.73 Å². The van der Waals surface area contributed by atoms with E-state index in [4.69, 9.17) is 11.0 Å². The summed E-state index contributed by atoms with van der Waals surface area (Å²) in [4.78, 5) is 11.9. The molecule has 0 amide bonds. The number of aliphatic imine (C=N–C) groups is 1. The number of nitrogens with zero attached hydrogens (tertiary/aromatic N) is 4. The largest absolute Gasteiger partial charge is 0.379 e. The summed E-state index contributed by atoms with van der Waals surface area (Å²) >= 11 is 1.49. The number of hydrogen-bond acceptors (Lipinski definition) is 5. The molecule has 2 unspecified atom stereocenters. The first-order valence-electron chi connectivity index (χ1n) is 7.96. The molecule has 7 heteroatoms. The molecule has 1 aliphatic carbocycles. The van der Waals surface area contributed by atoms with Crippen molar-refractivity contribution in [1.29, 1.82) is 5.26 Å². The molecule has 0 saturated heterocycles. The van der Waals surface area contributed by atoms with Crippen molar-refractivity contribution in [2.24, 2.45) is 16.6 Å². The van der Waals surface area contributed by atoms with Crippen molar-refractivity contribution in [3.05, 3.63) is 58.9 Å². The molecule has 2 N–H and O–H groups in total. The van der Waals surface area contributed by atoms with Gasteiger partial charge in [-0.05, 0) is 35.6 Å². The molecular formula is C19H16FN5S. The third kappa shape index (κ3) is 3.84. The Morgan fingerprint density at radius 3 is 2.65 bits per heavy atom. The van der Waals surface area contributed by atoms with Crippen molar-refractivity contribution < 1.29 is 4.39 Å². The van der Waals surface area contributed by atoms with E-state index in [1.165, 1.54) is 30.2 Å². The van der Waals surface area contributed by atoms with Crippen molar-refractivity contribution in [3.63, 3.8) is 0 Å². The Hall–Kier alpha value is -2.90. The van der Waals surface area contributed by atoms with Crippen molar-refractivity contribution >= 4 is 16.9 Å². The van der Waals surface area contributed by atoms with Gasteiger partial charge >= 0.3 is 0 Å². The van der Waals surface area contributed by atoms with Crippen LogP contribution in [0.2, 0.25) is 0 Å². The van der Waals surface area contributed by atoms with Gasteiger partial charge in [0, 0.05) is 23.8 Å². The number of amidine groups is 1. The maximum atomic E-state index is 14.3. The fourth-order valence-corrected chi connectivity index (χ4v) is 3.94. The maximum absolute atomic E-state index is 14.3. The van der Waals surface area contributed by atoms with Crippen LogP contribution in [-0.4, -0.2) is 27.4 Å². The predicted molar refractivity (Wildman–Crippen MR) is 100.0 cm³/mol. The molecule has 0 bridgehead atoms. The Morgan fingerprint density at radius 2 is 2.00 bits per heavy atom. The topological polar surface area (TPSA) is 88.0 Å². The molecule has 1 fully saturated rings. The van der Waals surface area contributed by atoms with Gasteiger partial charge in [-0.25, -0.2) is 14.4 Å². The number of halogens is 1. The quantitative estimate of drug-likeness (QED) is 0.502. The van der Waals surface area contributed by atoms with Gasteiger partial charge in [0.2, 0.25) is 0 Å². The average molecular weight is 365 g/mol. The normalized spacial score (nSPS) is 21.5. The second kappa shape index (κ2) is 7.55. The van der Waals surface area contributed by atoms with Crippen LogP contribution in [0.25, 0.3) is 0 Å². The molecule has 1 saturated carbocycles. The van der Waals surface area contributed by atoms with Crippen LogP contribution in [0.3, 0.4) is 0 Å². The van der Waals surface area contributed by atoms with Crippen LogP contribution in [0, 0.1) is 34.9 Å². The first-order valence-corrected chi connectivity index (χ1v) is 8.84. The summed E-state index contributed by atoms with van der Waals surface area (Å²) < 4.78 is 14.3. The summed E-state index contributed by atoms with van der Waals surface area (Å²) in [7, 11) is 1.65. The van der Waals surface area contributed by atoms with E-state index in [0.29, 0.717) is 27.9 Å². The van der Waals surface area contributed by atoms with Gasteiger partial charge in [-0.2, -0.15) is 5.26 Å². The highest BCUT2D eigenvalue weighted by molar-refractivity contribution is 8.14. The minimum absolute atomic E-state index is 0.0942. The summed E-state index contributed by atoms with van der Waals surface area (Å²) in [5.41, 5.74) is 7.82. The lowest BCUT2D eigenvalue weighted by Crippen LogP contribution is -2.07. The zero-order valence-electron chi connectivity index (χ0n) is 14.3. The van der Waals surface area contributed by atoms with E-state index in [2.05, 4.69) is 33.7 Å². The van der Waals surface area contributed by atoms with Gasteiger partial charge < -0.3 is 5.73 Å². The standard InChI is InChI=1S/C19H16FN5S/c1-11-17(18(11)26-19(22)23-2)15-7-12(4-6-16(15)20)3-5-13-9-25-14(8-21)10-24-13/h4,6-7,9-11,17-18H,1-2H3,(H2,22,23)/t11-,17?,18?/m0/s1. The summed E-state index contributed by atoms with van der Waals surface area (Å²) in [6.45, 7) is 2.08. The number of thioether (sulfide) groups is 1. The number of nitrogens with two attached hydrogens (primary N) is 1. The molecule has 0 aliphatic heterocycles. The van der Waals surface area contributed by atoms with Crippen molar-refractivity contribution in [2.45, 2.75) is 18.1 Å². The molecule has 5 nitrogen and oxygen atoms in total. The molecule has 26 heavy (non-hydrogen) atoms. The van der Waals surface area contributed by atoms with Gasteiger partial charge in [0.1, 0.15) is 17.6 Å². The lowest BCUT2D eigenvalue weighted by molar-refractivity contribution is 0.607. The van der Waals surface area contributed by atoms with E-state index < -0.39 is 0 Å². The summed E-state index contributed by atoms with van der Waals surface area (Å²) in [6, 6.07) is 6.76. The van der Waals surface area contributed by atoms with Crippen molar-refractivity contribution in [3.8, 4) is 17.9 Å². The Morgan fingerprint density at radius 1 is 1.27 bits per heavy atom. The molecule has 1 heterocycles. The van der Waals surface area contributed by atoms with E-state index >= 15 is 0 Å². The summed E-state index contributed by atoms with van der Waals surface area (Å²) in [5, 5.41) is 9.46. The van der Waals surface area contributed by atoms with Crippen LogP contribution in [0.5, 0.6) is 0 Å². The smallest absolute Gasteiger partial charge is 0.158 e. The second-order valence-corrected chi connectivity index (χ2v) is 7.11. The molecule has 3 rings (SSSR count). The average Bonchev–Trinajstić information content (AvgIpc) is 3.29. The molecule has 1 aromatic carbocycles. The zero-order chi connectivity index (χ0) is 18.7. The van der Waals surface area contributed by atoms with E-state index in [0.717, 1.165) is 0 Å². The second-order valence-electron chi connectivity index (χ2n) is 5.91. The van der Waals surface area contributed by atoms with Gasteiger partial charge in [0.15, 0.2) is 10.9 Å². The number of aromatic nitrogens is 2. The molecular weight excluding hydrogens is 349 g/mol. The van der Waals surface area contributed by atoms with Crippen LogP contribution in [0.4, 0.5) is 4.39 Å². The SMILES string of the molecule is CN=C(N)SC1C(c2cc(C#Cc3cnc(C#N)cn3)ccc2F)[C@@H]1C. The van der Waals surface area contributed by atoms with Crippen LogP contribution in [-0.2, 0) is 0 Å². The third-order valence-electron chi connectivity index (χ3n) is 4.23. The molecule has 0 spiro atoms. The fraction of sp³-hybridized carbons (Fsp3) is 0.263. The van der Waals surface area contributed by atoms with E-state index in [1.807, 2.05) is 6.07 Å². The third-order valence-corrected chi connectivity index (χ3v) is 5.65. The minimum atomic E-state index is -0.235. The van der Waals surface area contributed by atoms with Gasteiger partial charge in [-0.3, -0.25) is 4.99 Å². The Kier molecular flexibility index (Phi) is 5.20. The fourth-order valence-electron chi connectivity index (χ4n) is 2.72. The summed E-state index contributed by atoms with van der Waals surface area (Å²) in [5.74, 6) is 6.04. The van der Waals surface area contributed by atoms with E-state index in [-0.39, 0.29) is 22.7 Å². The van der Waals surface area contributed by atoms with E-state index in [9.17, 15) is 4.39 Å². The summed E-state index contributed by atoms with van der Waals surface area (Å²) in [6.07, 6.45) is 2.81. The van der Waals surface area contributed by atoms with Crippen molar-refractivity contribution in [2.75, 3.05) is 7.05 Å². The van der Waals surface area contributed by atoms with Crippen LogP contribution in [0.15, 0.2) is 35.6 Å². The minimum Gasteiger partial charge on any atom is -0.379 e. The Labute approximate surface area is 155 Å². The van der Waals surface area contributed by atoms with Gasteiger partial charge in [-0.1, -0.05) is 24.6 Å². The predicted octanol–water partition coefficient (Wildman–Crippen LogP) is 2.67. The van der Waals surface area contributed by atoms with Gasteiger partial charge in [-0.15, -0.1) is 0 Å². The Balaban J connectivity index is 1.81. The first-order chi connectivity index (χ1) is 12.5. The lowest BCUT2D eigenvalue weighted by atomic mass is 10.1. The first kappa shape index (κ1) is 17.9. The number of nitriles is 1. The highest BCUT2D eigenvalue weighted by Crippen LogP contribution is 2.55. The number of hydrogen-bond donors (Lipinski definition) is 1. The highest BCUT2D eigenvalue weighted by atomic mass is 32.2. The lowest BCUT2D eigenvalue weighted by Gasteiger charge is -2.03. The molecule has 0 radical (unpaired) electrons. The number of rotatable bonds is 2. The molecule has 2 aromatic rings. The highest BCUT2D eigenvalue weighted by Gasteiger charge is 2.49. The van der Waals surface area contributed by atoms with Gasteiger partial charge in [0.05, 0.1) is 12.4 Å². The Bertz CT molecular complexity index is 953. The van der Waals surface area contributed by atoms with Gasteiger partial charge in [0.25, 0.3) is 0 Å². The molecule has 1 aromatic heterocycles. The number of benzene rings is 1. The monoisotopic (exact) mass is 365 g/mol. The maximum Gasteiger partial charge on any atom is 0.158 e. The van der Waals surface area contributed by atoms with Crippen LogP contribution in [0.1, 0.15) is 35.4 Å². The zero-order valence-corrected chi connectivity index (χ0v) is 15.1. The van der Waals surface area contributed by atoms with E-state index in [1.54, 1.807) is 19.2 Å². The van der Waals surface area contributed by atoms with Crippen molar-refractivity contribution in [1.82, 2.24) is 9.97 Å². The molecule has 130 valence electrons. The molecule has 3 atom stereocenters.